The lowest BCUT2D eigenvalue weighted by atomic mass is 10.2. The zero-order chi connectivity index (χ0) is 15.7. The minimum atomic E-state index is -0.230. The molecule has 0 unspecified atom stereocenters. The largest absolute Gasteiger partial charge is 0.459 e. The first kappa shape index (κ1) is 14.8. The van der Waals surface area contributed by atoms with E-state index in [1.165, 1.54) is 5.39 Å². The molecular formula is C17H18N2O2S. The van der Waals surface area contributed by atoms with Gasteiger partial charge in [-0.05, 0) is 32.4 Å². The van der Waals surface area contributed by atoms with Gasteiger partial charge in [0.05, 0.1) is 15.6 Å². The number of rotatable bonds is 4. The van der Waals surface area contributed by atoms with Gasteiger partial charge in [0.25, 0.3) is 0 Å². The molecule has 0 atom stereocenters. The number of carbonyl (C=O) groups is 1. The van der Waals surface area contributed by atoms with Crippen molar-refractivity contribution in [1.29, 1.82) is 0 Å². The summed E-state index contributed by atoms with van der Waals surface area (Å²) in [5, 5.41) is 2.17. The van der Waals surface area contributed by atoms with E-state index < -0.39 is 0 Å². The lowest BCUT2D eigenvalue weighted by Gasteiger charge is -2.06. The van der Waals surface area contributed by atoms with E-state index in [0.717, 1.165) is 26.7 Å². The number of aryl methyl sites for hydroxylation is 3. The van der Waals surface area contributed by atoms with E-state index in [9.17, 15) is 4.79 Å². The molecule has 0 saturated carbocycles. The first-order chi connectivity index (χ1) is 10.5. The van der Waals surface area contributed by atoms with Crippen LogP contribution in [0.15, 0.2) is 30.5 Å². The summed E-state index contributed by atoms with van der Waals surface area (Å²) in [6, 6.07) is 8.07. The first-order valence-electron chi connectivity index (χ1n) is 7.17. The van der Waals surface area contributed by atoms with Crippen LogP contribution >= 0.6 is 11.3 Å². The number of fused-ring (bicyclic) bond motifs is 1. The molecule has 1 aromatic carbocycles. The highest BCUT2D eigenvalue weighted by atomic mass is 32.1. The maximum absolute atomic E-state index is 12.1. The van der Waals surface area contributed by atoms with Crippen molar-refractivity contribution in [2.24, 2.45) is 0 Å². The van der Waals surface area contributed by atoms with Crippen molar-refractivity contribution >= 4 is 28.2 Å². The average molecular weight is 314 g/mol. The van der Waals surface area contributed by atoms with E-state index in [-0.39, 0.29) is 12.5 Å². The number of thiazole rings is 1. The third kappa shape index (κ3) is 2.90. The summed E-state index contributed by atoms with van der Waals surface area (Å²) in [5.41, 5.74) is 3.16. The monoisotopic (exact) mass is 314 g/mol. The van der Waals surface area contributed by atoms with Crippen LogP contribution in [0, 0.1) is 20.8 Å². The molecule has 0 aliphatic heterocycles. The van der Waals surface area contributed by atoms with Crippen molar-refractivity contribution in [3.05, 3.63) is 51.6 Å². The number of hydrogen-bond acceptors (Lipinski definition) is 4. The maximum Gasteiger partial charge on any atom is 0.326 e. The second-order valence-corrected chi connectivity index (χ2v) is 6.65. The van der Waals surface area contributed by atoms with Crippen molar-refractivity contribution in [2.45, 2.75) is 33.9 Å². The highest BCUT2D eigenvalue weighted by Gasteiger charge is 2.11. The highest BCUT2D eigenvalue weighted by molar-refractivity contribution is 7.11. The highest BCUT2D eigenvalue weighted by Crippen LogP contribution is 2.21. The van der Waals surface area contributed by atoms with Gasteiger partial charge in [-0.1, -0.05) is 18.2 Å². The quantitative estimate of drug-likeness (QED) is 0.689. The van der Waals surface area contributed by atoms with Crippen LogP contribution in [0.25, 0.3) is 10.9 Å². The summed E-state index contributed by atoms with van der Waals surface area (Å²) >= 11 is 1.57. The van der Waals surface area contributed by atoms with Crippen molar-refractivity contribution in [1.82, 2.24) is 9.55 Å². The predicted octanol–water partition coefficient (Wildman–Crippen LogP) is 3.77. The zero-order valence-corrected chi connectivity index (χ0v) is 13.7. The smallest absolute Gasteiger partial charge is 0.326 e. The molecule has 0 aliphatic rings. The second-order valence-electron chi connectivity index (χ2n) is 5.36. The van der Waals surface area contributed by atoms with Crippen molar-refractivity contribution in [3.63, 3.8) is 0 Å². The van der Waals surface area contributed by atoms with E-state index in [4.69, 9.17) is 4.74 Å². The molecule has 0 radical (unpaired) electrons. The van der Waals surface area contributed by atoms with Crippen LogP contribution in [0.1, 0.15) is 21.1 Å². The van der Waals surface area contributed by atoms with E-state index in [2.05, 4.69) is 11.1 Å². The molecule has 2 heterocycles. The topological polar surface area (TPSA) is 44.1 Å². The molecule has 3 rings (SSSR count). The van der Waals surface area contributed by atoms with Crippen LogP contribution in [-0.2, 0) is 22.7 Å². The Morgan fingerprint density at radius 1 is 1.27 bits per heavy atom. The van der Waals surface area contributed by atoms with Gasteiger partial charge in [0.2, 0.25) is 0 Å². The minimum Gasteiger partial charge on any atom is -0.459 e. The van der Waals surface area contributed by atoms with Crippen LogP contribution in [-0.4, -0.2) is 15.5 Å². The SMILES string of the molecule is Cc1nc(C)c(COC(=O)Cn2cc(C)c3ccccc32)s1. The molecule has 22 heavy (non-hydrogen) atoms. The van der Waals surface area contributed by atoms with Gasteiger partial charge in [-0.15, -0.1) is 11.3 Å². The molecule has 2 aromatic heterocycles. The van der Waals surface area contributed by atoms with Crippen molar-refractivity contribution in [2.75, 3.05) is 0 Å². The number of para-hydroxylation sites is 1. The molecule has 0 bridgehead atoms. The Labute approximate surface area is 133 Å². The standard InChI is InChI=1S/C17H18N2O2S/c1-11-8-19(15-7-5-4-6-14(11)15)9-17(20)21-10-16-12(2)18-13(3)22-16/h4-8H,9-10H2,1-3H3. The molecule has 0 fully saturated rings. The van der Waals surface area contributed by atoms with Crippen LogP contribution in [0.4, 0.5) is 0 Å². The fourth-order valence-electron chi connectivity index (χ4n) is 2.60. The lowest BCUT2D eigenvalue weighted by Crippen LogP contribution is -2.12. The van der Waals surface area contributed by atoms with Crippen molar-refractivity contribution in [3.8, 4) is 0 Å². The maximum atomic E-state index is 12.1. The third-order valence-corrected chi connectivity index (χ3v) is 4.70. The first-order valence-corrected chi connectivity index (χ1v) is 7.99. The van der Waals surface area contributed by atoms with Crippen molar-refractivity contribution < 1.29 is 9.53 Å². The molecule has 5 heteroatoms. The Morgan fingerprint density at radius 3 is 2.77 bits per heavy atom. The third-order valence-electron chi connectivity index (χ3n) is 3.65. The number of aromatic nitrogens is 2. The predicted molar refractivity (Wildman–Crippen MR) is 88.1 cm³/mol. The summed E-state index contributed by atoms with van der Waals surface area (Å²) in [7, 11) is 0. The van der Waals surface area contributed by atoms with Crippen LogP contribution in [0.3, 0.4) is 0 Å². The van der Waals surface area contributed by atoms with E-state index in [1.54, 1.807) is 11.3 Å². The van der Waals surface area contributed by atoms with Gasteiger partial charge in [0.15, 0.2) is 0 Å². The fraction of sp³-hybridized carbons (Fsp3) is 0.294. The molecule has 0 saturated heterocycles. The zero-order valence-electron chi connectivity index (χ0n) is 12.9. The number of esters is 1. The summed E-state index contributed by atoms with van der Waals surface area (Å²) in [6.07, 6.45) is 1.99. The fourth-order valence-corrected chi connectivity index (χ4v) is 3.45. The van der Waals surface area contributed by atoms with Gasteiger partial charge in [-0.2, -0.15) is 0 Å². The Kier molecular flexibility index (Phi) is 3.98. The summed E-state index contributed by atoms with van der Waals surface area (Å²) in [4.78, 5) is 17.5. The lowest BCUT2D eigenvalue weighted by molar-refractivity contribution is -0.145. The van der Waals surface area contributed by atoms with Crippen LogP contribution in [0.2, 0.25) is 0 Å². The molecule has 0 amide bonds. The molecule has 0 N–H and O–H groups in total. The Balaban J connectivity index is 1.70. The number of nitrogens with zero attached hydrogens (tertiary/aromatic N) is 2. The Bertz CT molecular complexity index is 832. The molecule has 4 nitrogen and oxygen atoms in total. The number of ether oxygens (including phenoxy) is 1. The molecule has 114 valence electrons. The van der Waals surface area contributed by atoms with Crippen LogP contribution < -0.4 is 0 Å². The average Bonchev–Trinajstić information content (AvgIpc) is 2.97. The molecular weight excluding hydrogens is 296 g/mol. The normalized spacial score (nSPS) is 11.0. The summed E-state index contributed by atoms with van der Waals surface area (Å²) in [6.45, 7) is 6.47. The van der Waals surface area contributed by atoms with Gasteiger partial charge in [-0.25, -0.2) is 4.98 Å². The molecule has 0 spiro atoms. The molecule has 3 aromatic rings. The Morgan fingerprint density at radius 2 is 2.05 bits per heavy atom. The summed E-state index contributed by atoms with van der Waals surface area (Å²) in [5.74, 6) is -0.230. The molecule has 0 aliphatic carbocycles. The number of benzene rings is 1. The number of carbonyl (C=O) groups excluding carboxylic acids is 1. The van der Waals surface area contributed by atoms with E-state index in [1.807, 2.05) is 49.7 Å². The Hall–Kier alpha value is -2.14. The van der Waals surface area contributed by atoms with E-state index in [0.29, 0.717) is 6.61 Å². The second kappa shape index (κ2) is 5.93. The van der Waals surface area contributed by atoms with Gasteiger partial charge < -0.3 is 9.30 Å². The van der Waals surface area contributed by atoms with Gasteiger partial charge in [0.1, 0.15) is 13.2 Å². The van der Waals surface area contributed by atoms with Gasteiger partial charge >= 0.3 is 5.97 Å². The van der Waals surface area contributed by atoms with Gasteiger partial charge in [0, 0.05) is 17.1 Å². The minimum absolute atomic E-state index is 0.227. The van der Waals surface area contributed by atoms with Gasteiger partial charge in [-0.3, -0.25) is 4.79 Å². The van der Waals surface area contributed by atoms with Crippen LogP contribution in [0.5, 0.6) is 0 Å². The summed E-state index contributed by atoms with van der Waals surface area (Å²) < 4.78 is 7.34. The number of hydrogen-bond donors (Lipinski definition) is 0. The van der Waals surface area contributed by atoms with E-state index >= 15 is 0 Å².